The van der Waals surface area contributed by atoms with E-state index in [0.29, 0.717) is 17.3 Å². The number of nitrogens with zero attached hydrogens (tertiary/aromatic N) is 3. The van der Waals surface area contributed by atoms with Gasteiger partial charge in [0, 0.05) is 18.0 Å². The van der Waals surface area contributed by atoms with Gasteiger partial charge in [-0.3, -0.25) is 10.7 Å². The highest BCUT2D eigenvalue weighted by molar-refractivity contribution is 5.55. The minimum absolute atomic E-state index is 0.302. The second-order valence-corrected chi connectivity index (χ2v) is 3.19. The quantitative estimate of drug-likeness (QED) is 0.693. The summed E-state index contributed by atoms with van der Waals surface area (Å²) in [6, 6.07) is 10.4. The molecule has 6 nitrogen and oxygen atoms in total. The Morgan fingerprint density at radius 1 is 1.18 bits per heavy atom. The molecule has 0 fully saturated rings. The first-order chi connectivity index (χ1) is 8.31. The molecule has 6 heteroatoms. The van der Waals surface area contributed by atoms with E-state index in [1.807, 2.05) is 11.5 Å². The average molecular weight is 227 g/mol. The smallest absolute Gasteiger partial charge is 0.229 e. The van der Waals surface area contributed by atoms with Gasteiger partial charge >= 0.3 is 0 Å². The third-order valence-corrected chi connectivity index (χ3v) is 2.04. The van der Waals surface area contributed by atoms with Gasteiger partial charge in [-0.1, -0.05) is 0 Å². The van der Waals surface area contributed by atoms with Gasteiger partial charge in [-0.05, 0) is 24.3 Å². The summed E-state index contributed by atoms with van der Waals surface area (Å²) in [6.07, 6.45) is 1.51. The minimum atomic E-state index is 0.302. The first-order valence-electron chi connectivity index (χ1n) is 4.82. The summed E-state index contributed by atoms with van der Waals surface area (Å²) in [5.74, 6) is 0.657. The Morgan fingerprint density at radius 3 is 2.59 bits per heavy atom. The van der Waals surface area contributed by atoms with Crippen molar-refractivity contribution in [2.24, 2.45) is 0 Å². The highest BCUT2D eigenvalue weighted by atomic mass is 16.5. The maximum atomic E-state index is 8.69. The van der Waals surface area contributed by atoms with Crippen LogP contribution in [0.25, 0.3) is 0 Å². The predicted molar refractivity (Wildman–Crippen MR) is 61.9 cm³/mol. The van der Waals surface area contributed by atoms with Crippen LogP contribution in [0, 0.1) is 11.3 Å². The fraction of sp³-hybridized carbons (Fsp3) is 0. The molecular weight excluding hydrogens is 218 g/mol. The van der Waals surface area contributed by atoms with Gasteiger partial charge in [-0.15, -0.1) is 0 Å². The molecule has 84 valence electrons. The molecule has 0 amide bonds. The Kier molecular flexibility index (Phi) is 3.14. The number of rotatable bonds is 3. The normalized spacial score (nSPS) is 9.41. The summed E-state index contributed by atoms with van der Waals surface area (Å²) in [4.78, 5) is 7.97. The average Bonchev–Trinajstić information content (AvgIpc) is 2.40. The SMILES string of the molecule is N#Cc1ccc(Nc2nccc(NO)n2)cc1. The molecule has 1 aromatic carbocycles. The van der Waals surface area contributed by atoms with Crippen LogP contribution in [0.2, 0.25) is 0 Å². The van der Waals surface area contributed by atoms with Crippen molar-refractivity contribution < 1.29 is 5.21 Å². The first-order valence-corrected chi connectivity index (χ1v) is 4.82. The van der Waals surface area contributed by atoms with E-state index in [4.69, 9.17) is 10.5 Å². The zero-order chi connectivity index (χ0) is 12.1. The lowest BCUT2D eigenvalue weighted by Crippen LogP contribution is -2.00. The van der Waals surface area contributed by atoms with Gasteiger partial charge in [0.1, 0.15) is 0 Å². The van der Waals surface area contributed by atoms with Crippen molar-refractivity contribution in [1.82, 2.24) is 9.97 Å². The standard InChI is InChI=1S/C11H9N5O/c12-7-8-1-3-9(4-2-8)14-11-13-6-5-10(15-11)16-17/h1-6,17H,(H2,13,14,15,16). The first kappa shape index (κ1) is 10.9. The second-order valence-electron chi connectivity index (χ2n) is 3.19. The molecule has 0 radical (unpaired) electrons. The fourth-order valence-corrected chi connectivity index (χ4v) is 1.24. The van der Waals surface area contributed by atoms with Crippen molar-refractivity contribution in [1.29, 1.82) is 5.26 Å². The number of nitriles is 1. The Hall–Kier alpha value is -2.65. The van der Waals surface area contributed by atoms with Crippen molar-refractivity contribution in [3.05, 3.63) is 42.1 Å². The van der Waals surface area contributed by atoms with Crippen LogP contribution in [-0.4, -0.2) is 15.2 Å². The number of hydrogen-bond acceptors (Lipinski definition) is 6. The van der Waals surface area contributed by atoms with Crippen LogP contribution >= 0.6 is 0 Å². The van der Waals surface area contributed by atoms with Crippen molar-refractivity contribution in [2.45, 2.75) is 0 Å². The second kappa shape index (κ2) is 4.92. The molecule has 1 heterocycles. The van der Waals surface area contributed by atoms with E-state index in [1.165, 1.54) is 12.3 Å². The zero-order valence-corrected chi connectivity index (χ0v) is 8.75. The highest BCUT2D eigenvalue weighted by Gasteiger charge is 1.99. The van der Waals surface area contributed by atoms with Crippen molar-refractivity contribution in [2.75, 3.05) is 10.8 Å². The molecule has 17 heavy (non-hydrogen) atoms. The van der Waals surface area contributed by atoms with Gasteiger partial charge in [0.2, 0.25) is 5.95 Å². The van der Waals surface area contributed by atoms with Gasteiger partial charge < -0.3 is 5.32 Å². The highest BCUT2D eigenvalue weighted by Crippen LogP contribution is 2.14. The molecule has 0 atom stereocenters. The number of benzene rings is 1. The Labute approximate surface area is 97.5 Å². The molecule has 0 saturated heterocycles. The predicted octanol–water partition coefficient (Wildman–Crippen LogP) is 1.89. The van der Waals surface area contributed by atoms with Crippen LogP contribution in [0.4, 0.5) is 17.5 Å². The van der Waals surface area contributed by atoms with Gasteiger partial charge in [-0.2, -0.15) is 10.2 Å². The molecule has 0 saturated carbocycles. The van der Waals surface area contributed by atoms with Crippen LogP contribution in [-0.2, 0) is 0 Å². The van der Waals surface area contributed by atoms with Crippen molar-refractivity contribution in [3.8, 4) is 6.07 Å². The molecule has 0 aliphatic heterocycles. The maximum absolute atomic E-state index is 8.69. The van der Waals surface area contributed by atoms with Gasteiger partial charge in [0.15, 0.2) is 5.82 Å². The lowest BCUT2D eigenvalue weighted by atomic mass is 10.2. The van der Waals surface area contributed by atoms with Gasteiger partial charge in [0.05, 0.1) is 11.6 Å². The van der Waals surface area contributed by atoms with E-state index in [-0.39, 0.29) is 0 Å². The molecule has 0 spiro atoms. The summed E-state index contributed by atoms with van der Waals surface area (Å²) in [6.45, 7) is 0. The molecule has 0 aliphatic rings. The lowest BCUT2D eigenvalue weighted by Gasteiger charge is -2.05. The summed E-state index contributed by atoms with van der Waals surface area (Å²) in [5, 5.41) is 20.3. The van der Waals surface area contributed by atoms with Crippen molar-refractivity contribution >= 4 is 17.5 Å². The lowest BCUT2D eigenvalue weighted by molar-refractivity contribution is 0.386. The van der Waals surface area contributed by atoms with Crippen LogP contribution in [0.1, 0.15) is 5.56 Å². The molecule has 2 aromatic rings. The third-order valence-electron chi connectivity index (χ3n) is 2.04. The van der Waals surface area contributed by atoms with Gasteiger partial charge in [-0.25, -0.2) is 4.98 Å². The molecule has 0 bridgehead atoms. The van der Waals surface area contributed by atoms with E-state index in [1.54, 1.807) is 24.3 Å². The Bertz CT molecular complexity index is 547. The molecule has 0 unspecified atom stereocenters. The monoisotopic (exact) mass is 227 g/mol. The van der Waals surface area contributed by atoms with E-state index < -0.39 is 0 Å². The van der Waals surface area contributed by atoms with Crippen molar-refractivity contribution in [3.63, 3.8) is 0 Å². The minimum Gasteiger partial charge on any atom is -0.324 e. The van der Waals surface area contributed by atoms with E-state index in [0.717, 1.165) is 5.69 Å². The summed E-state index contributed by atoms with van der Waals surface area (Å²) in [5.41, 5.74) is 3.29. The van der Waals surface area contributed by atoms with Gasteiger partial charge in [0.25, 0.3) is 0 Å². The summed E-state index contributed by atoms with van der Waals surface area (Å²) in [7, 11) is 0. The van der Waals surface area contributed by atoms with Crippen LogP contribution in [0.5, 0.6) is 0 Å². The maximum Gasteiger partial charge on any atom is 0.229 e. The summed E-state index contributed by atoms with van der Waals surface area (Å²) >= 11 is 0. The third kappa shape index (κ3) is 2.68. The number of aromatic nitrogens is 2. The summed E-state index contributed by atoms with van der Waals surface area (Å²) < 4.78 is 0. The van der Waals surface area contributed by atoms with E-state index in [9.17, 15) is 0 Å². The van der Waals surface area contributed by atoms with E-state index >= 15 is 0 Å². The van der Waals surface area contributed by atoms with Crippen LogP contribution in [0.3, 0.4) is 0 Å². The zero-order valence-electron chi connectivity index (χ0n) is 8.75. The largest absolute Gasteiger partial charge is 0.324 e. The molecular formula is C11H9N5O. The molecule has 1 aromatic heterocycles. The topological polar surface area (TPSA) is 93.9 Å². The van der Waals surface area contributed by atoms with Crippen LogP contribution in [0.15, 0.2) is 36.5 Å². The molecule has 3 N–H and O–H groups in total. The van der Waals surface area contributed by atoms with Crippen LogP contribution < -0.4 is 10.8 Å². The molecule has 2 rings (SSSR count). The molecule has 0 aliphatic carbocycles. The Morgan fingerprint density at radius 2 is 1.94 bits per heavy atom. The number of anilines is 3. The van der Waals surface area contributed by atoms with E-state index in [2.05, 4.69) is 15.3 Å². The fourth-order valence-electron chi connectivity index (χ4n) is 1.24. The number of nitrogens with one attached hydrogen (secondary N) is 2. The Balaban J connectivity index is 2.16. The number of hydrogen-bond donors (Lipinski definition) is 3.